The second kappa shape index (κ2) is 5.53. The molecule has 0 aromatic heterocycles. The van der Waals surface area contributed by atoms with Crippen LogP contribution < -0.4 is 0 Å². The first-order chi connectivity index (χ1) is 9.84. The van der Waals surface area contributed by atoms with Crippen LogP contribution in [-0.2, 0) is 12.8 Å². The van der Waals surface area contributed by atoms with Crippen molar-refractivity contribution in [2.75, 3.05) is 0 Å². The van der Waals surface area contributed by atoms with Gasteiger partial charge in [-0.15, -0.1) is 0 Å². The Morgan fingerprint density at radius 2 is 1.76 bits per heavy atom. The Bertz CT molecular complexity index is 683. The zero-order valence-corrected chi connectivity index (χ0v) is 10.6. The number of aliphatic hydroxyl groups excluding tert-OH is 1. The number of nitrogens with zero attached hydrogens (tertiary/aromatic N) is 1. The summed E-state index contributed by atoms with van der Waals surface area (Å²) in [5.74, 6) is 0. The number of non-ortho nitro benzene ring substituents is 1. The molecular weight excluding hydrogens is 287 g/mol. The number of hydrogen-bond acceptors (Lipinski definition) is 3. The van der Waals surface area contributed by atoms with E-state index in [1.807, 2.05) is 0 Å². The molecule has 110 valence electrons. The molecule has 2 aromatic rings. The monoisotopic (exact) mass is 297 g/mol. The lowest BCUT2D eigenvalue weighted by Crippen LogP contribution is -2.07. The van der Waals surface area contributed by atoms with Gasteiger partial charge in [-0.3, -0.25) is 10.1 Å². The molecule has 0 fully saturated rings. The van der Waals surface area contributed by atoms with E-state index < -0.39 is 23.3 Å². The summed E-state index contributed by atoms with van der Waals surface area (Å²) >= 11 is 0. The third kappa shape index (κ3) is 3.03. The molecule has 7 heteroatoms. The van der Waals surface area contributed by atoms with Crippen LogP contribution in [0.1, 0.15) is 11.1 Å². The topological polar surface area (TPSA) is 63.4 Å². The molecule has 0 spiro atoms. The molecule has 0 aliphatic carbocycles. The van der Waals surface area contributed by atoms with Gasteiger partial charge in [-0.05, 0) is 28.8 Å². The summed E-state index contributed by atoms with van der Waals surface area (Å²) in [5.41, 5.74) is -1.07. The lowest BCUT2D eigenvalue weighted by molar-refractivity contribution is -0.384. The van der Waals surface area contributed by atoms with Crippen molar-refractivity contribution in [3.05, 3.63) is 63.7 Å². The zero-order chi connectivity index (χ0) is 15.6. The molecule has 0 bridgehead atoms. The molecule has 0 saturated heterocycles. The predicted molar refractivity (Wildman–Crippen MR) is 69.5 cm³/mol. The number of rotatable bonds is 3. The number of aliphatic hydroxyl groups is 1. The van der Waals surface area contributed by atoms with E-state index in [9.17, 15) is 28.4 Å². The average Bonchev–Trinajstić information content (AvgIpc) is 2.45. The van der Waals surface area contributed by atoms with E-state index in [4.69, 9.17) is 0 Å². The number of benzene rings is 2. The maximum Gasteiger partial charge on any atom is 0.417 e. The minimum Gasteiger partial charge on any atom is -0.392 e. The molecule has 0 amide bonds. The summed E-state index contributed by atoms with van der Waals surface area (Å²) in [6, 6.07) is 8.29. The van der Waals surface area contributed by atoms with E-state index in [0.29, 0.717) is 0 Å². The lowest BCUT2D eigenvalue weighted by atomic mass is 9.95. The van der Waals surface area contributed by atoms with Crippen molar-refractivity contribution in [1.82, 2.24) is 0 Å². The normalized spacial score (nSPS) is 11.4. The molecule has 0 heterocycles. The van der Waals surface area contributed by atoms with Gasteiger partial charge < -0.3 is 5.11 Å². The fraction of sp³-hybridized carbons (Fsp3) is 0.143. The van der Waals surface area contributed by atoms with Gasteiger partial charge in [0.15, 0.2) is 0 Å². The molecule has 1 N–H and O–H groups in total. The molecule has 0 aliphatic rings. The van der Waals surface area contributed by atoms with Gasteiger partial charge in [0.05, 0.1) is 17.1 Å². The standard InChI is InChI=1S/C14H10F3NO3/c15-14(16,17)13-4-2-1-3-12(13)11-6-5-10(18(20)21)7-9(11)8-19/h1-7,19H,8H2. The Morgan fingerprint density at radius 3 is 2.33 bits per heavy atom. The molecule has 0 saturated carbocycles. The van der Waals surface area contributed by atoms with Crippen LogP contribution in [-0.4, -0.2) is 10.0 Å². The number of alkyl halides is 3. The third-order valence-corrected chi connectivity index (χ3v) is 2.99. The van der Waals surface area contributed by atoms with Gasteiger partial charge in [-0.2, -0.15) is 13.2 Å². The van der Waals surface area contributed by atoms with E-state index >= 15 is 0 Å². The molecule has 2 rings (SSSR count). The van der Waals surface area contributed by atoms with Gasteiger partial charge in [-0.1, -0.05) is 18.2 Å². The summed E-state index contributed by atoms with van der Waals surface area (Å²) in [6.45, 7) is -0.594. The van der Waals surface area contributed by atoms with Crippen molar-refractivity contribution in [2.24, 2.45) is 0 Å². The van der Waals surface area contributed by atoms with E-state index in [1.165, 1.54) is 24.3 Å². The van der Waals surface area contributed by atoms with Gasteiger partial charge in [0.1, 0.15) is 0 Å². The first kappa shape index (κ1) is 15.0. The fourth-order valence-electron chi connectivity index (χ4n) is 2.05. The van der Waals surface area contributed by atoms with E-state index in [0.717, 1.165) is 18.2 Å². The van der Waals surface area contributed by atoms with Crippen molar-refractivity contribution < 1.29 is 23.2 Å². The fourth-order valence-corrected chi connectivity index (χ4v) is 2.05. The Hall–Kier alpha value is -2.41. The quantitative estimate of drug-likeness (QED) is 0.692. The summed E-state index contributed by atoms with van der Waals surface area (Å²) in [5, 5.41) is 20.0. The van der Waals surface area contributed by atoms with Crippen LogP contribution in [0.3, 0.4) is 0 Å². The molecule has 4 nitrogen and oxygen atoms in total. The highest BCUT2D eigenvalue weighted by Gasteiger charge is 2.33. The molecule has 0 radical (unpaired) electrons. The van der Waals surface area contributed by atoms with E-state index in [1.54, 1.807) is 0 Å². The van der Waals surface area contributed by atoms with Crippen LogP contribution in [0.4, 0.5) is 18.9 Å². The summed E-state index contributed by atoms with van der Waals surface area (Å²) in [4.78, 5) is 10.0. The van der Waals surface area contributed by atoms with Crippen LogP contribution in [0.5, 0.6) is 0 Å². The van der Waals surface area contributed by atoms with Crippen molar-refractivity contribution in [1.29, 1.82) is 0 Å². The third-order valence-electron chi connectivity index (χ3n) is 2.99. The van der Waals surface area contributed by atoms with Crippen molar-refractivity contribution in [2.45, 2.75) is 12.8 Å². The minimum atomic E-state index is -4.55. The molecular formula is C14H10F3NO3. The Kier molecular flexibility index (Phi) is 3.95. The Balaban J connectivity index is 2.65. The second-order valence-corrected chi connectivity index (χ2v) is 4.30. The smallest absolute Gasteiger partial charge is 0.392 e. The average molecular weight is 297 g/mol. The largest absolute Gasteiger partial charge is 0.417 e. The molecule has 0 unspecified atom stereocenters. The van der Waals surface area contributed by atoms with E-state index in [2.05, 4.69) is 0 Å². The lowest BCUT2D eigenvalue weighted by Gasteiger charge is -2.15. The maximum atomic E-state index is 13.0. The van der Waals surface area contributed by atoms with Gasteiger partial charge >= 0.3 is 6.18 Å². The maximum absolute atomic E-state index is 13.0. The number of hydrogen-bond donors (Lipinski definition) is 1. The van der Waals surface area contributed by atoms with Gasteiger partial charge in [0.2, 0.25) is 0 Å². The summed E-state index contributed by atoms with van der Waals surface area (Å²) in [6.07, 6.45) is -4.55. The summed E-state index contributed by atoms with van der Waals surface area (Å²) in [7, 11) is 0. The van der Waals surface area contributed by atoms with Crippen LogP contribution >= 0.6 is 0 Å². The number of nitro benzene ring substituents is 1. The molecule has 2 aromatic carbocycles. The first-order valence-corrected chi connectivity index (χ1v) is 5.89. The van der Waals surface area contributed by atoms with Crippen LogP contribution in [0.2, 0.25) is 0 Å². The highest BCUT2D eigenvalue weighted by atomic mass is 19.4. The Labute approximate surface area is 117 Å². The number of halogens is 3. The number of nitro groups is 1. The second-order valence-electron chi connectivity index (χ2n) is 4.30. The summed E-state index contributed by atoms with van der Waals surface area (Å²) < 4.78 is 39.0. The van der Waals surface area contributed by atoms with E-state index in [-0.39, 0.29) is 22.4 Å². The van der Waals surface area contributed by atoms with Gasteiger partial charge in [0.25, 0.3) is 5.69 Å². The van der Waals surface area contributed by atoms with Crippen LogP contribution in [0, 0.1) is 10.1 Å². The van der Waals surface area contributed by atoms with Crippen molar-refractivity contribution in [3.63, 3.8) is 0 Å². The highest BCUT2D eigenvalue weighted by Crippen LogP contribution is 2.38. The molecule has 0 aliphatic heterocycles. The van der Waals surface area contributed by atoms with Crippen molar-refractivity contribution in [3.8, 4) is 11.1 Å². The highest BCUT2D eigenvalue weighted by molar-refractivity contribution is 5.72. The van der Waals surface area contributed by atoms with Crippen LogP contribution in [0.15, 0.2) is 42.5 Å². The molecule has 21 heavy (non-hydrogen) atoms. The molecule has 0 atom stereocenters. The Morgan fingerprint density at radius 1 is 1.10 bits per heavy atom. The van der Waals surface area contributed by atoms with Crippen LogP contribution in [0.25, 0.3) is 11.1 Å². The van der Waals surface area contributed by atoms with Gasteiger partial charge in [0, 0.05) is 12.1 Å². The zero-order valence-electron chi connectivity index (χ0n) is 10.6. The van der Waals surface area contributed by atoms with Crippen molar-refractivity contribution >= 4 is 5.69 Å². The SMILES string of the molecule is O=[N+]([O-])c1ccc(-c2ccccc2C(F)(F)F)c(CO)c1. The first-order valence-electron chi connectivity index (χ1n) is 5.89. The minimum absolute atomic E-state index is 0.0703. The predicted octanol–water partition coefficient (Wildman–Crippen LogP) is 3.77. The van der Waals surface area contributed by atoms with Gasteiger partial charge in [-0.25, -0.2) is 0 Å².